The second kappa shape index (κ2) is 10.8. The second-order valence-corrected chi connectivity index (χ2v) is 10.8. The summed E-state index contributed by atoms with van der Waals surface area (Å²) in [4.78, 5) is 16.6. The third-order valence-electron chi connectivity index (χ3n) is 5.55. The molecule has 4 aromatic rings. The molecule has 0 aliphatic carbocycles. The molecule has 194 valence electrons. The van der Waals surface area contributed by atoms with E-state index in [0.29, 0.717) is 24.8 Å². The summed E-state index contributed by atoms with van der Waals surface area (Å²) in [5.74, 6) is 0. The zero-order chi connectivity index (χ0) is 26.6. The lowest BCUT2D eigenvalue weighted by molar-refractivity contribution is -0.137. The van der Waals surface area contributed by atoms with E-state index in [1.165, 1.54) is 23.5 Å². The summed E-state index contributed by atoms with van der Waals surface area (Å²) in [6.07, 6.45) is -0.0286. The predicted molar refractivity (Wildman–Crippen MR) is 137 cm³/mol. The van der Waals surface area contributed by atoms with Gasteiger partial charge in [0.1, 0.15) is 15.6 Å². The van der Waals surface area contributed by atoms with Gasteiger partial charge >= 0.3 is 12.3 Å². The largest absolute Gasteiger partial charge is 0.444 e. The van der Waals surface area contributed by atoms with Crippen LogP contribution in [0.2, 0.25) is 0 Å². The molecular formula is C27H27F3N4O2S. The van der Waals surface area contributed by atoms with Crippen molar-refractivity contribution in [3.05, 3.63) is 77.1 Å². The number of aryl methyl sites for hydroxylation is 1. The molecule has 0 saturated carbocycles. The van der Waals surface area contributed by atoms with Gasteiger partial charge in [0.15, 0.2) is 0 Å². The minimum absolute atomic E-state index is 0.349. The highest BCUT2D eigenvalue weighted by atomic mass is 32.1. The Labute approximate surface area is 216 Å². The Morgan fingerprint density at radius 1 is 1.03 bits per heavy atom. The van der Waals surface area contributed by atoms with Crippen molar-refractivity contribution in [1.82, 2.24) is 20.5 Å². The number of rotatable bonds is 7. The summed E-state index contributed by atoms with van der Waals surface area (Å²) in [7, 11) is 0. The molecule has 1 amide bonds. The topological polar surface area (TPSA) is 77.0 Å². The van der Waals surface area contributed by atoms with Gasteiger partial charge in [-0.05, 0) is 68.8 Å². The molecule has 0 spiro atoms. The molecule has 10 heteroatoms. The fourth-order valence-electron chi connectivity index (χ4n) is 3.80. The van der Waals surface area contributed by atoms with Gasteiger partial charge in [-0.25, -0.2) is 4.79 Å². The zero-order valence-corrected chi connectivity index (χ0v) is 21.5. The maximum atomic E-state index is 12.9. The smallest absolute Gasteiger partial charge is 0.416 e. The molecule has 1 N–H and O–H groups in total. The van der Waals surface area contributed by atoms with E-state index in [1.807, 2.05) is 24.3 Å². The Morgan fingerprint density at radius 2 is 1.78 bits per heavy atom. The van der Waals surface area contributed by atoms with Crippen LogP contribution in [0.1, 0.15) is 43.3 Å². The van der Waals surface area contributed by atoms with Crippen LogP contribution in [0.3, 0.4) is 0 Å². The molecule has 0 fully saturated rings. The Kier molecular flexibility index (Phi) is 7.77. The molecule has 2 aromatic heterocycles. The van der Waals surface area contributed by atoms with Gasteiger partial charge < -0.3 is 10.1 Å². The van der Waals surface area contributed by atoms with Crippen molar-refractivity contribution in [2.75, 3.05) is 0 Å². The molecule has 0 radical (unpaired) electrons. The molecule has 0 aliphatic rings. The quantitative estimate of drug-likeness (QED) is 0.284. The summed E-state index contributed by atoms with van der Waals surface area (Å²) < 4.78 is 44.2. The zero-order valence-electron chi connectivity index (χ0n) is 20.7. The van der Waals surface area contributed by atoms with Crippen LogP contribution in [0.4, 0.5) is 18.0 Å². The molecule has 0 aliphatic heterocycles. The van der Waals surface area contributed by atoms with Gasteiger partial charge in [-0.2, -0.15) is 13.2 Å². The van der Waals surface area contributed by atoms with Crippen LogP contribution in [-0.4, -0.2) is 32.9 Å². The van der Waals surface area contributed by atoms with E-state index in [-0.39, 0.29) is 6.04 Å². The number of carbonyl (C=O) groups is 1. The maximum Gasteiger partial charge on any atom is 0.416 e. The molecule has 1 atom stereocenters. The first kappa shape index (κ1) is 26.5. The first-order valence-corrected chi connectivity index (χ1v) is 12.6. The number of aromatic nitrogens is 3. The third kappa shape index (κ3) is 7.48. The van der Waals surface area contributed by atoms with Gasteiger partial charge in [-0.1, -0.05) is 35.6 Å². The molecule has 4 rings (SSSR count). The van der Waals surface area contributed by atoms with E-state index in [4.69, 9.17) is 4.74 Å². The summed E-state index contributed by atoms with van der Waals surface area (Å²) in [6, 6.07) is 12.6. The van der Waals surface area contributed by atoms with E-state index in [2.05, 4.69) is 20.5 Å². The number of ether oxygens (including phenoxy) is 1. The van der Waals surface area contributed by atoms with Crippen LogP contribution >= 0.6 is 11.3 Å². The molecule has 0 saturated heterocycles. The molecule has 0 bridgehead atoms. The number of benzene rings is 2. The minimum Gasteiger partial charge on any atom is -0.444 e. The van der Waals surface area contributed by atoms with Crippen molar-refractivity contribution in [3.8, 4) is 10.6 Å². The fourth-order valence-corrected chi connectivity index (χ4v) is 4.65. The Balaban J connectivity index is 1.46. The number of carbonyl (C=O) groups excluding carboxylic acids is 1. The Morgan fingerprint density at radius 3 is 2.49 bits per heavy atom. The SMILES string of the molecule is CC(C)(C)OC(=O)N[C@H](CCc1nnc(-c2ccc3cnccc3c2)s1)Cc1ccc(C(F)(F)F)cc1. The van der Waals surface area contributed by atoms with E-state index in [1.54, 1.807) is 33.2 Å². The summed E-state index contributed by atoms with van der Waals surface area (Å²) >= 11 is 1.47. The van der Waals surface area contributed by atoms with Gasteiger partial charge in [-0.15, -0.1) is 10.2 Å². The number of nitrogens with one attached hydrogen (secondary N) is 1. The monoisotopic (exact) mass is 528 g/mol. The van der Waals surface area contributed by atoms with Crippen LogP contribution in [0.5, 0.6) is 0 Å². The molecule has 2 heterocycles. The highest BCUT2D eigenvalue weighted by Crippen LogP contribution is 2.30. The Hall–Kier alpha value is -3.53. The number of hydrogen-bond acceptors (Lipinski definition) is 6. The number of amides is 1. The Bertz CT molecular complexity index is 1360. The van der Waals surface area contributed by atoms with E-state index < -0.39 is 23.4 Å². The van der Waals surface area contributed by atoms with Crippen molar-refractivity contribution in [3.63, 3.8) is 0 Å². The summed E-state index contributed by atoms with van der Waals surface area (Å²) in [5.41, 5.74) is 0.250. The van der Waals surface area contributed by atoms with Crippen LogP contribution in [0.25, 0.3) is 21.3 Å². The number of halogens is 3. The maximum absolute atomic E-state index is 12.9. The standard InChI is InChI=1S/C27H27F3N4O2S/c1-26(2,3)36-25(35)32-22(14-17-4-8-21(9-5-17)27(28,29)30)10-11-23-33-34-24(37-23)19-6-7-20-16-31-13-12-18(20)15-19/h4-9,12-13,15-16,22H,10-11,14H2,1-3H3,(H,32,35)/t22-/m1/s1. The predicted octanol–water partition coefficient (Wildman–Crippen LogP) is 6.84. The minimum atomic E-state index is -4.40. The number of alkyl carbamates (subject to hydrolysis) is 1. The fraction of sp³-hybridized carbons (Fsp3) is 0.333. The van der Waals surface area contributed by atoms with Crippen LogP contribution in [0.15, 0.2) is 60.9 Å². The molecule has 2 aromatic carbocycles. The summed E-state index contributed by atoms with van der Waals surface area (Å²) in [5, 5.41) is 15.2. The third-order valence-corrected chi connectivity index (χ3v) is 6.58. The van der Waals surface area contributed by atoms with Gasteiger partial charge in [0.25, 0.3) is 0 Å². The van der Waals surface area contributed by atoms with Gasteiger partial charge in [0, 0.05) is 35.8 Å². The lowest BCUT2D eigenvalue weighted by Gasteiger charge is -2.23. The first-order chi connectivity index (χ1) is 17.5. The van der Waals surface area contributed by atoms with Crippen molar-refractivity contribution >= 4 is 28.2 Å². The van der Waals surface area contributed by atoms with E-state index in [9.17, 15) is 18.0 Å². The van der Waals surface area contributed by atoms with Crippen molar-refractivity contribution in [2.45, 2.75) is 57.9 Å². The highest BCUT2D eigenvalue weighted by Gasteiger charge is 2.30. The molecule has 37 heavy (non-hydrogen) atoms. The number of alkyl halides is 3. The van der Waals surface area contributed by atoms with E-state index in [0.717, 1.165) is 38.5 Å². The lowest BCUT2D eigenvalue weighted by Crippen LogP contribution is -2.40. The molecule has 6 nitrogen and oxygen atoms in total. The normalized spacial score (nSPS) is 12.9. The number of hydrogen-bond donors (Lipinski definition) is 1. The van der Waals surface area contributed by atoms with Gasteiger partial charge in [0.2, 0.25) is 0 Å². The first-order valence-electron chi connectivity index (χ1n) is 11.8. The van der Waals surface area contributed by atoms with Crippen molar-refractivity contribution < 1.29 is 22.7 Å². The van der Waals surface area contributed by atoms with Crippen molar-refractivity contribution in [2.24, 2.45) is 0 Å². The number of nitrogens with zero attached hydrogens (tertiary/aromatic N) is 3. The van der Waals surface area contributed by atoms with Crippen LogP contribution in [-0.2, 0) is 23.8 Å². The van der Waals surface area contributed by atoms with E-state index >= 15 is 0 Å². The average Bonchev–Trinajstić information content (AvgIpc) is 3.30. The number of fused-ring (bicyclic) bond motifs is 1. The van der Waals surface area contributed by atoms with Crippen LogP contribution in [0, 0.1) is 0 Å². The van der Waals surface area contributed by atoms with Gasteiger partial charge in [-0.3, -0.25) is 4.98 Å². The molecule has 0 unspecified atom stereocenters. The van der Waals surface area contributed by atoms with Gasteiger partial charge in [0.05, 0.1) is 5.56 Å². The lowest BCUT2D eigenvalue weighted by atomic mass is 10.0. The molecular weight excluding hydrogens is 501 g/mol. The number of pyridine rings is 1. The van der Waals surface area contributed by atoms with Crippen LogP contribution < -0.4 is 5.32 Å². The van der Waals surface area contributed by atoms with Crippen molar-refractivity contribution in [1.29, 1.82) is 0 Å². The average molecular weight is 529 g/mol. The highest BCUT2D eigenvalue weighted by molar-refractivity contribution is 7.14. The summed E-state index contributed by atoms with van der Waals surface area (Å²) in [6.45, 7) is 5.30. The second-order valence-electron chi connectivity index (χ2n) is 9.72.